The van der Waals surface area contributed by atoms with Gasteiger partial charge in [-0.15, -0.1) is 0 Å². The summed E-state index contributed by atoms with van der Waals surface area (Å²) in [6.45, 7) is 1.77. The number of hydrogen-bond acceptors (Lipinski definition) is 5. The van der Waals surface area contributed by atoms with Crippen LogP contribution in [-0.4, -0.2) is 5.84 Å². The zero-order valence-electron chi connectivity index (χ0n) is 10.6. The third-order valence-electron chi connectivity index (χ3n) is 3.52. The molecule has 0 aromatic heterocycles. The second-order valence-electron chi connectivity index (χ2n) is 4.60. The van der Waals surface area contributed by atoms with Crippen LogP contribution in [0, 0.1) is 28.6 Å². The summed E-state index contributed by atoms with van der Waals surface area (Å²) in [6.07, 6.45) is 0. The highest BCUT2D eigenvalue weighted by molar-refractivity contribution is 7.63. The third kappa shape index (κ3) is 2.02. The average molecular weight is 302 g/mol. The van der Waals surface area contributed by atoms with Crippen molar-refractivity contribution < 1.29 is 0 Å². The van der Waals surface area contributed by atoms with Gasteiger partial charge in [-0.25, -0.2) is 0 Å². The Morgan fingerprint density at radius 2 is 1.95 bits per heavy atom. The average Bonchev–Trinajstić information content (AvgIpc) is 2.39. The van der Waals surface area contributed by atoms with Crippen LogP contribution in [0.25, 0.3) is 0 Å². The largest absolute Gasteiger partial charge is 0.759 e. The van der Waals surface area contributed by atoms with Gasteiger partial charge in [-0.2, -0.15) is 10.5 Å². The summed E-state index contributed by atoms with van der Waals surface area (Å²) in [5.41, 5.74) is 5.94. The number of rotatable bonds is 1. The molecule has 1 aliphatic rings. The molecule has 0 radical (unpaired) electrons. The minimum Gasteiger partial charge on any atom is -0.759 e. The van der Waals surface area contributed by atoms with Crippen molar-refractivity contribution in [1.82, 2.24) is 0 Å². The topological polar surface area (TPSA) is 86.0 Å². The smallest absolute Gasteiger partial charge is 0.118 e. The molecule has 6 heteroatoms. The quantitative estimate of drug-likeness (QED) is 0.807. The number of aliphatic imine (C=N–C) groups is 1. The molecule has 100 valence electrons. The Bertz CT molecular complexity index is 693. The molecule has 4 nitrogen and oxygen atoms in total. The van der Waals surface area contributed by atoms with E-state index < -0.39 is 11.3 Å². The second-order valence-corrected chi connectivity index (χ2v) is 5.42. The van der Waals surface area contributed by atoms with Gasteiger partial charge in [-0.05, 0) is 24.6 Å². The molecule has 2 atom stereocenters. The number of hydrogen-bond donors (Lipinski definition) is 1. The van der Waals surface area contributed by atoms with E-state index >= 15 is 0 Å². The summed E-state index contributed by atoms with van der Waals surface area (Å²) in [6, 6.07) is 11.1. The van der Waals surface area contributed by atoms with Crippen molar-refractivity contribution in [2.24, 2.45) is 16.6 Å². The first-order valence-electron chi connectivity index (χ1n) is 5.76. The van der Waals surface area contributed by atoms with E-state index in [1.54, 1.807) is 31.2 Å². The summed E-state index contributed by atoms with van der Waals surface area (Å²) in [4.78, 5) is 3.94. The van der Waals surface area contributed by atoms with Crippen LogP contribution in [0.3, 0.4) is 0 Å². The maximum absolute atomic E-state index is 9.41. The monoisotopic (exact) mass is 301 g/mol. The van der Waals surface area contributed by atoms with Gasteiger partial charge in [-0.1, -0.05) is 28.8 Å². The molecule has 1 unspecified atom stereocenters. The van der Waals surface area contributed by atoms with E-state index in [2.05, 4.69) is 17.1 Å². The van der Waals surface area contributed by atoms with Crippen LogP contribution in [0.2, 0.25) is 5.02 Å². The normalized spacial score (nSPS) is 25.6. The molecular formula is C14H10ClN4S-. The standard InChI is InChI=1S/C14H11ClN4S/c1-14(8-2-4-9(15)5-3-8)10(6-16)12(18)19-13(20)11(14)7-17/h2-5,10,20H,1H3,(H2,18,19)/p-1/t10?,14-/m0/s1. The fraction of sp³-hybridized carbons (Fsp3) is 0.214. The lowest BCUT2D eigenvalue weighted by atomic mass is 9.66. The summed E-state index contributed by atoms with van der Waals surface area (Å²) < 4.78 is 0. The number of nitrogens with two attached hydrogens (primary N) is 1. The summed E-state index contributed by atoms with van der Waals surface area (Å²) in [5, 5.41) is 19.5. The predicted molar refractivity (Wildman–Crippen MR) is 79.5 cm³/mol. The van der Waals surface area contributed by atoms with E-state index in [9.17, 15) is 10.5 Å². The van der Waals surface area contributed by atoms with Crippen LogP contribution < -0.4 is 5.73 Å². The fourth-order valence-corrected chi connectivity index (χ4v) is 2.86. The molecule has 2 rings (SSSR count). The number of allylic oxidation sites excluding steroid dienone is 1. The second kappa shape index (κ2) is 5.13. The first-order valence-corrected chi connectivity index (χ1v) is 6.55. The molecule has 0 aliphatic carbocycles. The minimum absolute atomic E-state index is 0.133. The lowest BCUT2D eigenvalue weighted by Gasteiger charge is -2.39. The van der Waals surface area contributed by atoms with E-state index in [0.717, 1.165) is 5.56 Å². The molecule has 1 aliphatic heterocycles. The van der Waals surface area contributed by atoms with Gasteiger partial charge in [0.05, 0.1) is 17.6 Å². The van der Waals surface area contributed by atoms with E-state index in [0.29, 0.717) is 5.02 Å². The third-order valence-corrected chi connectivity index (χ3v) is 4.07. The number of amidine groups is 1. The zero-order chi connectivity index (χ0) is 14.9. The Kier molecular flexibility index (Phi) is 3.67. The van der Waals surface area contributed by atoms with Crippen molar-refractivity contribution in [3.8, 4) is 12.1 Å². The Morgan fingerprint density at radius 3 is 2.45 bits per heavy atom. The van der Waals surface area contributed by atoms with Crippen molar-refractivity contribution in [1.29, 1.82) is 10.5 Å². The van der Waals surface area contributed by atoms with Gasteiger partial charge in [0.25, 0.3) is 0 Å². The van der Waals surface area contributed by atoms with Crippen LogP contribution in [0.4, 0.5) is 0 Å². The zero-order valence-corrected chi connectivity index (χ0v) is 12.2. The molecule has 0 amide bonds. The van der Waals surface area contributed by atoms with E-state index in [1.165, 1.54) is 0 Å². The lowest BCUT2D eigenvalue weighted by Crippen LogP contribution is -2.44. The van der Waals surface area contributed by atoms with Crippen molar-refractivity contribution in [2.45, 2.75) is 12.3 Å². The number of halogens is 1. The molecule has 2 N–H and O–H groups in total. The fourth-order valence-electron chi connectivity index (χ4n) is 2.37. The van der Waals surface area contributed by atoms with E-state index in [-0.39, 0.29) is 16.4 Å². The summed E-state index contributed by atoms with van der Waals surface area (Å²) in [7, 11) is 0. The number of nitrogens with zero attached hydrogens (tertiary/aromatic N) is 3. The first-order chi connectivity index (χ1) is 9.44. The van der Waals surface area contributed by atoms with Gasteiger partial charge >= 0.3 is 0 Å². The van der Waals surface area contributed by atoms with Crippen molar-refractivity contribution in [3.05, 3.63) is 45.5 Å². The van der Waals surface area contributed by atoms with Crippen molar-refractivity contribution >= 4 is 30.1 Å². The summed E-state index contributed by atoms with van der Waals surface area (Å²) in [5.74, 6) is -0.612. The van der Waals surface area contributed by atoms with Gasteiger partial charge in [0, 0.05) is 10.6 Å². The van der Waals surface area contributed by atoms with Crippen LogP contribution >= 0.6 is 11.6 Å². The molecule has 0 saturated carbocycles. The van der Waals surface area contributed by atoms with Gasteiger partial charge in [0.2, 0.25) is 0 Å². The molecular weight excluding hydrogens is 292 g/mol. The van der Waals surface area contributed by atoms with Gasteiger partial charge < -0.3 is 18.4 Å². The molecule has 20 heavy (non-hydrogen) atoms. The predicted octanol–water partition coefficient (Wildman–Crippen LogP) is 2.39. The molecule has 1 aromatic carbocycles. The Hall–Kier alpha value is -2.08. The van der Waals surface area contributed by atoms with E-state index in [4.69, 9.17) is 30.0 Å². The van der Waals surface area contributed by atoms with Crippen LogP contribution in [-0.2, 0) is 18.0 Å². The Balaban J connectivity index is 2.73. The molecule has 0 saturated heterocycles. The van der Waals surface area contributed by atoms with Gasteiger partial charge in [0.1, 0.15) is 11.8 Å². The molecule has 1 heterocycles. The van der Waals surface area contributed by atoms with Crippen LogP contribution in [0.15, 0.2) is 39.9 Å². The molecule has 0 spiro atoms. The maximum atomic E-state index is 9.41. The maximum Gasteiger partial charge on any atom is 0.118 e. The molecule has 1 aromatic rings. The van der Waals surface area contributed by atoms with E-state index in [1.807, 2.05) is 0 Å². The van der Waals surface area contributed by atoms with Gasteiger partial charge in [-0.3, -0.25) is 4.99 Å². The minimum atomic E-state index is -0.920. The summed E-state index contributed by atoms with van der Waals surface area (Å²) >= 11 is 11.0. The van der Waals surface area contributed by atoms with Crippen molar-refractivity contribution in [2.75, 3.05) is 0 Å². The van der Waals surface area contributed by atoms with Crippen molar-refractivity contribution in [3.63, 3.8) is 0 Å². The molecule has 0 bridgehead atoms. The Morgan fingerprint density at radius 1 is 1.35 bits per heavy atom. The Labute approximate surface area is 127 Å². The highest BCUT2D eigenvalue weighted by Gasteiger charge is 2.44. The van der Waals surface area contributed by atoms with Gasteiger partial charge in [0.15, 0.2) is 0 Å². The first kappa shape index (κ1) is 14.3. The lowest BCUT2D eigenvalue weighted by molar-refractivity contribution is 0.503. The SMILES string of the molecule is C[C@@]1(c2ccc(Cl)cc2)C(C#N)=C([S-])N=C(N)C1C#N. The van der Waals surface area contributed by atoms with Crippen LogP contribution in [0.5, 0.6) is 0 Å². The van der Waals surface area contributed by atoms with Crippen LogP contribution in [0.1, 0.15) is 12.5 Å². The highest BCUT2D eigenvalue weighted by atomic mass is 35.5. The number of benzene rings is 1. The highest BCUT2D eigenvalue weighted by Crippen LogP contribution is 2.43. The number of nitriles is 2. The molecule has 0 fully saturated rings.